The van der Waals surface area contributed by atoms with Crippen molar-refractivity contribution in [2.75, 3.05) is 9.80 Å². The van der Waals surface area contributed by atoms with E-state index in [0.29, 0.717) is 5.92 Å². The molecular formula is C52H40N2. The van der Waals surface area contributed by atoms with Crippen molar-refractivity contribution in [3.8, 4) is 0 Å². The first-order valence-corrected chi connectivity index (χ1v) is 19.2. The topological polar surface area (TPSA) is 6.48 Å². The number of allylic oxidation sites excluding steroid dienone is 2. The fourth-order valence-electron chi connectivity index (χ4n) is 9.69. The third-order valence-electron chi connectivity index (χ3n) is 12.3. The van der Waals surface area contributed by atoms with Gasteiger partial charge in [0.25, 0.3) is 0 Å². The highest BCUT2D eigenvalue weighted by atomic mass is 15.2. The summed E-state index contributed by atoms with van der Waals surface area (Å²) in [5, 5.41) is 10.4. The van der Waals surface area contributed by atoms with Gasteiger partial charge in [-0.25, -0.2) is 0 Å². The van der Waals surface area contributed by atoms with Crippen molar-refractivity contribution in [2.45, 2.75) is 32.6 Å². The Labute approximate surface area is 316 Å². The van der Waals surface area contributed by atoms with Gasteiger partial charge >= 0.3 is 0 Å². The Hall–Kier alpha value is -6.38. The maximum Gasteiger partial charge on any atom is 0.0540 e. The number of hydrogen-bond acceptors (Lipinski definition) is 2. The molecule has 8 aromatic rings. The summed E-state index contributed by atoms with van der Waals surface area (Å²) < 4.78 is 0. The minimum atomic E-state index is -0.129. The van der Waals surface area contributed by atoms with E-state index in [2.05, 4.69) is 200 Å². The van der Waals surface area contributed by atoms with Crippen LogP contribution < -0.4 is 20.2 Å². The molecule has 1 saturated carbocycles. The van der Waals surface area contributed by atoms with E-state index in [4.69, 9.17) is 0 Å². The Balaban J connectivity index is 1.18. The van der Waals surface area contributed by atoms with Crippen LogP contribution in [0.1, 0.15) is 30.0 Å². The van der Waals surface area contributed by atoms with Crippen LogP contribution >= 0.6 is 0 Å². The van der Waals surface area contributed by atoms with E-state index in [1.54, 1.807) is 0 Å². The molecule has 3 aliphatic carbocycles. The van der Waals surface area contributed by atoms with Crippen LogP contribution in [0.3, 0.4) is 0 Å². The number of nitrogens with zero attached hydrogens (tertiary/aromatic N) is 2. The molecule has 11 rings (SSSR count). The SMILES string of the molecule is CC1=c2ccc3c(N(c4ccc(C)cc4)c4cccc5ccccc45)ccc4c3c2C2(CC2C=4)C(N(c2ccc(C)cc2)c2cccc3ccccc23)=C1. The average Bonchev–Trinajstić information content (AvgIpc) is 3.94. The van der Waals surface area contributed by atoms with E-state index in [1.165, 1.54) is 93.5 Å². The second kappa shape index (κ2) is 11.6. The lowest BCUT2D eigenvalue weighted by atomic mass is 9.76. The van der Waals surface area contributed by atoms with Gasteiger partial charge in [0, 0.05) is 38.6 Å². The van der Waals surface area contributed by atoms with Crippen molar-refractivity contribution >= 4 is 72.4 Å². The second-order valence-electron chi connectivity index (χ2n) is 15.6. The molecule has 2 heteroatoms. The fourth-order valence-corrected chi connectivity index (χ4v) is 9.69. The number of rotatable bonds is 6. The van der Waals surface area contributed by atoms with Crippen molar-refractivity contribution in [1.29, 1.82) is 0 Å². The van der Waals surface area contributed by atoms with Crippen LogP contribution in [0, 0.1) is 19.8 Å². The summed E-state index contributed by atoms with van der Waals surface area (Å²) in [5.74, 6) is 0.425. The van der Waals surface area contributed by atoms with Gasteiger partial charge in [-0.05, 0) is 119 Å². The van der Waals surface area contributed by atoms with Crippen molar-refractivity contribution in [3.05, 3.63) is 197 Å². The molecule has 2 atom stereocenters. The highest BCUT2D eigenvalue weighted by molar-refractivity contribution is 6.08. The minimum absolute atomic E-state index is 0.129. The van der Waals surface area contributed by atoms with E-state index in [0.717, 1.165) is 12.1 Å². The normalized spacial score (nSPS) is 17.9. The Kier molecular flexibility index (Phi) is 6.67. The zero-order valence-electron chi connectivity index (χ0n) is 30.8. The summed E-state index contributed by atoms with van der Waals surface area (Å²) in [6.07, 6.45) is 6.19. The van der Waals surface area contributed by atoms with Crippen molar-refractivity contribution in [2.24, 2.45) is 5.92 Å². The van der Waals surface area contributed by atoms with Crippen LogP contribution in [-0.2, 0) is 5.41 Å². The number of benzene rings is 8. The van der Waals surface area contributed by atoms with Crippen LogP contribution in [0.4, 0.5) is 28.4 Å². The predicted octanol–water partition coefficient (Wildman–Crippen LogP) is 12.2. The number of aryl methyl sites for hydroxylation is 2. The monoisotopic (exact) mass is 692 g/mol. The van der Waals surface area contributed by atoms with Crippen molar-refractivity contribution in [1.82, 2.24) is 0 Å². The highest BCUT2D eigenvalue weighted by Crippen LogP contribution is 2.65. The van der Waals surface area contributed by atoms with Crippen LogP contribution in [-0.4, -0.2) is 0 Å². The van der Waals surface area contributed by atoms with E-state index in [-0.39, 0.29) is 5.41 Å². The molecule has 1 fully saturated rings. The first-order chi connectivity index (χ1) is 26.5. The maximum absolute atomic E-state index is 2.59. The van der Waals surface area contributed by atoms with Gasteiger partial charge in [0.2, 0.25) is 0 Å². The Morgan fingerprint density at radius 3 is 1.70 bits per heavy atom. The summed E-state index contributed by atoms with van der Waals surface area (Å²) in [7, 11) is 0. The molecule has 54 heavy (non-hydrogen) atoms. The first-order valence-electron chi connectivity index (χ1n) is 19.2. The lowest BCUT2D eigenvalue weighted by Gasteiger charge is -2.39. The Bertz CT molecular complexity index is 3000. The van der Waals surface area contributed by atoms with Gasteiger partial charge in [0.05, 0.1) is 17.1 Å². The van der Waals surface area contributed by atoms with E-state index >= 15 is 0 Å². The van der Waals surface area contributed by atoms with Gasteiger partial charge in [-0.2, -0.15) is 0 Å². The summed E-state index contributed by atoms with van der Waals surface area (Å²) in [5.41, 5.74) is 12.6. The largest absolute Gasteiger partial charge is 0.313 e. The molecule has 1 spiro atoms. The number of anilines is 5. The molecule has 258 valence electrons. The first kappa shape index (κ1) is 31.2. The molecule has 0 aliphatic heterocycles. The molecular weight excluding hydrogens is 653 g/mol. The molecule has 0 amide bonds. The summed E-state index contributed by atoms with van der Waals surface area (Å²) in [4.78, 5) is 5.08. The zero-order valence-corrected chi connectivity index (χ0v) is 30.8. The fraction of sp³-hybridized carbons (Fsp3) is 0.115. The summed E-state index contributed by atoms with van der Waals surface area (Å²) in [6, 6.07) is 58.7. The molecule has 0 saturated heterocycles. The standard InChI is InChI=1S/C52H40N2/c1-33-18-23-40(24-19-33)53(46-16-8-12-36-10-4-6-14-43(36)46)48-29-22-38-31-39-32-52(39)49(30-35(3)42-27-28-45(48)50(38)51(42)52)54(41-25-20-34(2)21-26-41)47-17-9-13-37-11-5-7-15-44(37)47/h4-31,39H,32H2,1-3H3. The number of fused-ring (bicyclic) bond motifs is 2. The molecule has 8 aromatic carbocycles. The Morgan fingerprint density at radius 2 is 1.06 bits per heavy atom. The average molecular weight is 693 g/mol. The Morgan fingerprint density at radius 1 is 0.500 bits per heavy atom. The molecule has 0 heterocycles. The zero-order chi connectivity index (χ0) is 36.1. The van der Waals surface area contributed by atoms with Gasteiger partial charge < -0.3 is 9.80 Å². The van der Waals surface area contributed by atoms with Crippen molar-refractivity contribution < 1.29 is 0 Å². The van der Waals surface area contributed by atoms with E-state index in [1.807, 2.05) is 0 Å². The van der Waals surface area contributed by atoms with Crippen LogP contribution in [0.2, 0.25) is 0 Å². The van der Waals surface area contributed by atoms with E-state index < -0.39 is 0 Å². The molecule has 0 aromatic heterocycles. The van der Waals surface area contributed by atoms with E-state index in [9.17, 15) is 0 Å². The maximum atomic E-state index is 2.59. The quantitative estimate of drug-likeness (QED) is 0.171. The van der Waals surface area contributed by atoms with Gasteiger partial charge in [-0.1, -0.05) is 132 Å². The molecule has 0 bridgehead atoms. The smallest absolute Gasteiger partial charge is 0.0540 e. The third-order valence-corrected chi connectivity index (χ3v) is 12.3. The minimum Gasteiger partial charge on any atom is -0.313 e. The van der Waals surface area contributed by atoms with Crippen LogP contribution in [0.25, 0.3) is 44.0 Å². The lowest BCUT2D eigenvalue weighted by Crippen LogP contribution is -2.38. The van der Waals surface area contributed by atoms with Crippen molar-refractivity contribution in [3.63, 3.8) is 0 Å². The number of hydrogen-bond donors (Lipinski definition) is 0. The van der Waals surface area contributed by atoms with Gasteiger partial charge in [-0.15, -0.1) is 0 Å². The highest BCUT2D eigenvalue weighted by Gasteiger charge is 2.61. The van der Waals surface area contributed by atoms with Gasteiger partial charge in [-0.3, -0.25) is 0 Å². The second-order valence-corrected chi connectivity index (χ2v) is 15.6. The summed E-state index contributed by atoms with van der Waals surface area (Å²) >= 11 is 0. The third kappa shape index (κ3) is 4.47. The summed E-state index contributed by atoms with van der Waals surface area (Å²) in [6.45, 7) is 6.65. The van der Waals surface area contributed by atoms with Crippen LogP contribution in [0.5, 0.6) is 0 Å². The molecule has 0 radical (unpaired) electrons. The molecule has 2 unspecified atom stereocenters. The molecule has 2 nitrogen and oxygen atoms in total. The molecule has 3 aliphatic rings. The van der Waals surface area contributed by atoms with Crippen LogP contribution in [0.15, 0.2) is 169 Å². The van der Waals surface area contributed by atoms with Gasteiger partial charge in [0.1, 0.15) is 0 Å². The molecule has 0 N–H and O–H groups in total. The lowest BCUT2D eigenvalue weighted by molar-refractivity contribution is 0.747. The predicted molar refractivity (Wildman–Crippen MR) is 229 cm³/mol. The van der Waals surface area contributed by atoms with Gasteiger partial charge in [0.15, 0.2) is 0 Å².